The normalized spacial score (nSPS) is 24.5. The molecule has 3 aliphatic heterocycles. The van der Waals surface area contributed by atoms with Crippen LogP contribution in [0.2, 0.25) is 0 Å². The van der Waals surface area contributed by atoms with Gasteiger partial charge in [0.15, 0.2) is 0 Å². The molecular formula is C17H25Cl2N3O2S. The van der Waals surface area contributed by atoms with Crippen LogP contribution < -0.4 is 15.0 Å². The van der Waals surface area contributed by atoms with Crippen molar-refractivity contribution in [2.45, 2.75) is 24.9 Å². The SMILES string of the molecule is COc1ccc2c(c1)CCN2[C@@H]1CN[C@H](C(=O)N2CCSC2)C1.Cl.Cl. The van der Waals surface area contributed by atoms with Crippen LogP contribution in [0.25, 0.3) is 0 Å². The first kappa shape index (κ1) is 20.5. The summed E-state index contributed by atoms with van der Waals surface area (Å²) in [5.74, 6) is 3.14. The number of benzene rings is 1. The number of nitrogens with one attached hydrogen (secondary N) is 1. The number of carbonyl (C=O) groups excluding carboxylic acids is 1. The largest absolute Gasteiger partial charge is 0.497 e. The third-order valence-corrected chi connectivity index (χ3v) is 6.09. The molecule has 1 aromatic rings. The third kappa shape index (κ3) is 3.97. The highest BCUT2D eigenvalue weighted by atomic mass is 35.5. The molecule has 0 spiro atoms. The number of thioether (sulfide) groups is 1. The standard InChI is InChI=1S/C17H23N3O2S.2ClH/c1-22-14-2-3-16-12(8-14)4-5-20(16)13-9-15(18-10-13)17(21)19-6-7-23-11-19;;/h2-3,8,13,15,18H,4-7,9-11H2,1H3;2*1H/t13-,15-;;/m0../s1. The Hall–Kier alpha value is -0.820. The molecule has 2 saturated heterocycles. The fourth-order valence-electron chi connectivity index (χ4n) is 3.86. The van der Waals surface area contributed by atoms with Crippen molar-refractivity contribution in [2.24, 2.45) is 0 Å². The van der Waals surface area contributed by atoms with Gasteiger partial charge in [0.2, 0.25) is 5.91 Å². The van der Waals surface area contributed by atoms with Crippen LogP contribution in [0.15, 0.2) is 18.2 Å². The molecule has 5 nitrogen and oxygen atoms in total. The summed E-state index contributed by atoms with van der Waals surface area (Å²) in [4.78, 5) is 17.0. The summed E-state index contributed by atoms with van der Waals surface area (Å²) in [5, 5.41) is 3.45. The summed E-state index contributed by atoms with van der Waals surface area (Å²) in [7, 11) is 1.71. The van der Waals surface area contributed by atoms with Gasteiger partial charge in [0.1, 0.15) is 5.75 Å². The fourth-order valence-corrected chi connectivity index (χ4v) is 4.82. The van der Waals surface area contributed by atoms with E-state index in [1.807, 2.05) is 22.7 Å². The highest BCUT2D eigenvalue weighted by Gasteiger charge is 2.37. The summed E-state index contributed by atoms with van der Waals surface area (Å²) >= 11 is 1.84. The number of ether oxygens (including phenoxy) is 1. The van der Waals surface area contributed by atoms with Gasteiger partial charge in [-0.25, -0.2) is 0 Å². The van der Waals surface area contributed by atoms with Gasteiger partial charge in [-0.05, 0) is 36.6 Å². The molecule has 0 saturated carbocycles. The Bertz CT molecular complexity index is 614. The molecule has 3 heterocycles. The number of anilines is 1. The molecule has 4 rings (SSSR count). The number of nitrogens with zero attached hydrogens (tertiary/aromatic N) is 2. The van der Waals surface area contributed by atoms with Crippen LogP contribution >= 0.6 is 36.6 Å². The van der Waals surface area contributed by atoms with Gasteiger partial charge < -0.3 is 19.9 Å². The predicted molar refractivity (Wildman–Crippen MR) is 108 cm³/mol. The second-order valence-corrected chi connectivity index (χ2v) is 7.50. The first-order valence-electron chi connectivity index (χ1n) is 8.30. The Balaban J connectivity index is 0.00000113. The lowest BCUT2D eigenvalue weighted by Crippen LogP contribution is -2.42. The average molecular weight is 406 g/mol. The molecule has 1 N–H and O–H groups in total. The number of hydrogen-bond acceptors (Lipinski definition) is 5. The van der Waals surface area contributed by atoms with E-state index in [-0.39, 0.29) is 36.8 Å². The summed E-state index contributed by atoms with van der Waals surface area (Å²) in [6.07, 6.45) is 1.97. The molecule has 0 radical (unpaired) electrons. The molecule has 140 valence electrons. The van der Waals surface area contributed by atoms with Crippen molar-refractivity contribution in [3.8, 4) is 5.75 Å². The molecular weight excluding hydrogens is 381 g/mol. The maximum atomic E-state index is 12.6. The van der Waals surface area contributed by atoms with Gasteiger partial charge in [-0.3, -0.25) is 4.79 Å². The monoisotopic (exact) mass is 405 g/mol. The summed E-state index contributed by atoms with van der Waals surface area (Å²) in [5.41, 5.74) is 2.66. The maximum Gasteiger partial charge on any atom is 0.240 e. The minimum atomic E-state index is -0.0130. The average Bonchev–Trinajstić information content (AvgIpc) is 3.31. The Kier molecular flexibility index (Phi) is 7.14. The van der Waals surface area contributed by atoms with Gasteiger partial charge in [0.05, 0.1) is 19.0 Å². The van der Waals surface area contributed by atoms with Crippen LogP contribution in [0.4, 0.5) is 5.69 Å². The number of carbonyl (C=O) groups is 1. The Morgan fingerprint density at radius 1 is 1.32 bits per heavy atom. The minimum absolute atomic E-state index is 0. The van der Waals surface area contributed by atoms with Crippen molar-refractivity contribution in [1.29, 1.82) is 0 Å². The molecule has 8 heteroatoms. The van der Waals surface area contributed by atoms with Crippen LogP contribution in [0, 0.1) is 0 Å². The smallest absolute Gasteiger partial charge is 0.240 e. The Morgan fingerprint density at radius 3 is 2.88 bits per heavy atom. The number of fused-ring (bicyclic) bond motifs is 1. The van der Waals surface area contributed by atoms with Gasteiger partial charge in [-0.15, -0.1) is 36.6 Å². The zero-order valence-electron chi connectivity index (χ0n) is 14.3. The van der Waals surface area contributed by atoms with Crippen LogP contribution in [0.1, 0.15) is 12.0 Å². The number of amides is 1. The minimum Gasteiger partial charge on any atom is -0.497 e. The van der Waals surface area contributed by atoms with E-state index in [1.165, 1.54) is 11.3 Å². The fraction of sp³-hybridized carbons (Fsp3) is 0.588. The highest BCUT2D eigenvalue weighted by molar-refractivity contribution is 7.99. The lowest BCUT2D eigenvalue weighted by atomic mass is 10.1. The van der Waals surface area contributed by atoms with E-state index < -0.39 is 0 Å². The summed E-state index contributed by atoms with van der Waals surface area (Å²) < 4.78 is 5.32. The summed E-state index contributed by atoms with van der Waals surface area (Å²) in [6.45, 7) is 2.83. The molecule has 0 bridgehead atoms. The van der Waals surface area contributed by atoms with Gasteiger partial charge >= 0.3 is 0 Å². The van der Waals surface area contributed by atoms with Gasteiger partial charge in [0.25, 0.3) is 0 Å². The molecule has 0 aromatic heterocycles. The predicted octanol–water partition coefficient (Wildman–Crippen LogP) is 2.16. The van der Waals surface area contributed by atoms with E-state index in [9.17, 15) is 4.79 Å². The maximum absolute atomic E-state index is 12.6. The zero-order chi connectivity index (χ0) is 15.8. The van der Waals surface area contributed by atoms with E-state index in [4.69, 9.17) is 4.74 Å². The van der Waals surface area contributed by atoms with Crippen molar-refractivity contribution in [2.75, 3.05) is 43.3 Å². The second kappa shape index (κ2) is 8.71. The van der Waals surface area contributed by atoms with Crippen molar-refractivity contribution < 1.29 is 9.53 Å². The molecule has 0 aliphatic carbocycles. The van der Waals surface area contributed by atoms with Crippen LogP contribution in [-0.2, 0) is 11.2 Å². The molecule has 0 unspecified atom stereocenters. The molecule has 2 atom stereocenters. The summed E-state index contributed by atoms with van der Waals surface area (Å²) in [6, 6.07) is 6.73. The van der Waals surface area contributed by atoms with E-state index in [0.29, 0.717) is 6.04 Å². The van der Waals surface area contributed by atoms with E-state index in [1.54, 1.807) is 7.11 Å². The third-order valence-electron chi connectivity index (χ3n) is 5.13. The van der Waals surface area contributed by atoms with Crippen LogP contribution in [-0.4, -0.2) is 61.3 Å². The van der Waals surface area contributed by atoms with Gasteiger partial charge in [-0.2, -0.15) is 0 Å². The molecule has 25 heavy (non-hydrogen) atoms. The molecule has 1 amide bonds. The van der Waals surface area contributed by atoms with Gasteiger partial charge in [0, 0.05) is 37.1 Å². The highest BCUT2D eigenvalue weighted by Crippen LogP contribution is 2.34. The molecule has 3 aliphatic rings. The van der Waals surface area contributed by atoms with E-state index in [2.05, 4.69) is 22.3 Å². The zero-order valence-corrected chi connectivity index (χ0v) is 16.7. The lowest BCUT2D eigenvalue weighted by molar-refractivity contribution is -0.131. The van der Waals surface area contributed by atoms with Crippen molar-refractivity contribution in [1.82, 2.24) is 10.2 Å². The molecule has 1 aromatic carbocycles. The number of methoxy groups -OCH3 is 1. The quantitative estimate of drug-likeness (QED) is 0.834. The van der Waals surface area contributed by atoms with Crippen molar-refractivity contribution in [3.63, 3.8) is 0 Å². The van der Waals surface area contributed by atoms with E-state index in [0.717, 1.165) is 49.9 Å². The topological polar surface area (TPSA) is 44.8 Å². The van der Waals surface area contributed by atoms with Crippen LogP contribution in [0.5, 0.6) is 5.75 Å². The molecule has 2 fully saturated rings. The van der Waals surface area contributed by atoms with Crippen molar-refractivity contribution >= 4 is 48.2 Å². The first-order valence-corrected chi connectivity index (χ1v) is 9.45. The van der Waals surface area contributed by atoms with Gasteiger partial charge in [-0.1, -0.05) is 0 Å². The number of rotatable bonds is 3. The van der Waals surface area contributed by atoms with E-state index >= 15 is 0 Å². The van der Waals surface area contributed by atoms with Crippen LogP contribution in [0.3, 0.4) is 0 Å². The Morgan fingerprint density at radius 2 is 2.16 bits per heavy atom. The Labute approximate surface area is 165 Å². The lowest BCUT2D eigenvalue weighted by Gasteiger charge is -2.27. The number of hydrogen-bond donors (Lipinski definition) is 1. The first-order chi connectivity index (χ1) is 11.3. The second-order valence-electron chi connectivity index (χ2n) is 6.43. The number of halogens is 2. The van der Waals surface area contributed by atoms with Crippen molar-refractivity contribution in [3.05, 3.63) is 23.8 Å².